The molecule has 2 aromatic rings. The predicted molar refractivity (Wildman–Crippen MR) is 141 cm³/mol. The Morgan fingerprint density at radius 2 is 1.83 bits per heavy atom. The van der Waals surface area contributed by atoms with Crippen molar-refractivity contribution in [2.45, 2.75) is 51.7 Å². The average Bonchev–Trinajstić information content (AvgIpc) is 2.95. The molecule has 0 saturated heterocycles. The molecule has 3 rings (SSSR count). The minimum atomic E-state index is -1.16. The number of carbonyl (C=O) groups excluding carboxylic acids is 2. The molecule has 2 N–H and O–H groups in total. The topological polar surface area (TPSA) is 91.3 Å². The van der Waals surface area contributed by atoms with Crippen LogP contribution in [0.5, 0.6) is 5.75 Å². The lowest BCUT2D eigenvalue weighted by Crippen LogP contribution is -2.45. The molecule has 0 radical (unpaired) electrons. The van der Waals surface area contributed by atoms with Crippen LogP contribution in [-0.2, 0) is 16.0 Å². The Balaban J connectivity index is 1.69. The second-order valence-corrected chi connectivity index (χ2v) is 10.0. The van der Waals surface area contributed by atoms with Crippen molar-refractivity contribution in [3.8, 4) is 5.75 Å². The quantitative estimate of drug-likeness (QED) is 0.550. The zero-order chi connectivity index (χ0) is 26.3. The number of methoxy groups -OCH3 is 1. The van der Waals surface area contributed by atoms with E-state index >= 15 is 0 Å². The van der Waals surface area contributed by atoms with E-state index in [4.69, 9.17) is 9.47 Å². The van der Waals surface area contributed by atoms with Crippen molar-refractivity contribution in [1.29, 1.82) is 0 Å². The van der Waals surface area contributed by atoms with Gasteiger partial charge >= 0.3 is 6.09 Å². The molecule has 1 aliphatic rings. The highest BCUT2D eigenvalue weighted by atomic mass is 16.6. The molecule has 0 aromatic heterocycles. The minimum Gasteiger partial charge on any atom is -0.497 e. The number of carbonyl (C=O) groups is 2. The first-order valence-electron chi connectivity index (χ1n) is 12.5. The summed E-state index contributed by atoms with van der Waals surface area (Å²) in [5.74, 6) is 0.0783. The minimum absolute atomic E-state index is 0.302. The van der Waals surface area contributed by atoms with Crippen LogP contribution >= 0.6 is 0 Å². The first kappa shape index (κ1) is 27.5. The van der Waals surface area contributed by atoms with Gasteiger partial charge in [0.15, 0.2) is 0 Å². The Hall–Kier alpha value is -3.10. The summed E-state index contributed by atoms with van der Waals surface area (Å²) in [7, 11) is 1.61. The Morgan fingerprint density at radius 1 is 1.14 bits per heavy atom. The number of aliphatic hydroxyl groups excluding tert-OH is 1. The van der Waals surface area contributed by atoms with Crippen LogP contribution in [0.15, 0.2) is 48.5 Å². The van der Waals surface area contributed by atoms with E-state index in [2.05, 4.69) is 10.2 Å². The molecule has 0 aliphatic carbocycles. The number of likely N-dealkylation sites (N-methyl/N-ethyl adjacent to an activating group) is 1. The third kappa shape index (κ3) is 7.21. The van der Waals surface area contributed by atoms with Crippen molar-refractivity contribution in [3.63, 3.8) is 0 Å². The van der Waals surface area contributed by atoms with Crippen LogP contribution < -0.4 is 15.0 Å². The second kappa shape index (κ2) is 12.2. The van der Waals surface area contributed by atoms with Gasteiger partial charge in [-0.05, 0) is 63.1 Å². The lowest BCUT2D eigenvalue weighted by atomic mass is 9.88. The first-order valence-corrected chi connectivity index (χ1v) is 12.5. The van der Waals surface area contributed by atoms with Crippen LogP contribution in [0.3, 0.4) is 0 Å². The number of para-hydroxylation sites is 1. The lowest BCUT2D eigenvalue weighted by molar-refractivity contribution is -0.127. The SMILES string of the molecule is CCN(CCNC(=O)OC(C)(C)C)CCN1C(=O)[C@H](O)[C@H](c2ccc(OC)cc2)Cc2ccccc21. The monoisotopic (exact) mass is 497 g/mol. The van der Waals surface area contributed by atoms with Crippen molar-refractivity contribution in [1.82, 2.24) is 10.2 Å². The highest BCUT2D eigenvalue weighted by Crippen LogP contribution is 2.35. The Labute approximate surface area is 214 Å². The predicted octanol–water partition coefficient (Wildman–Crippen LogP) is 3.58. The van der Waals surface area contributed by atoms with Crippen molar-refractivity contribution < 1.29 is 24.2 Å². The standard InChI is InChI=1S/C28H39N3O5/c1-6-30(16-15-29-27(34)36-28(2,3)4)17-18-31-24-10-8-7-9-21(24)19-23(25(32)26(31)33)20-11-13-22(35-5)14-12-20/h7-14,23,25,32H,6,15-19H2,1-5H3,(H,29,34)/t23-,25+/m0/s1. The van der Waals surface area contributed by atoms with E-state index in [-0.39, 0.29) is 11.8 Å². The molecular weight excluding hydrogens is 458 g/mol. The Morgan fingerprint density at radius 3 is 2.47 bits per heavy atom. The van der Waals surface area contributed by atoms with Crippen molar-refractivity contribution >= 4 is 17.7 Å². The van der Waals surface area contributed by atoms with Crippen LogP contribution in [0.25, 0.3) is 0 Å². The summed E-state index contributed by atoms with van der Waals surface area (Å²) in [4.78, 5) is 29.3. The highest BCUT2D eigenvalue weighted by Gasteiger charge is 2.36. The van der Waals surface area contributed by atoms with Gasteiger partial charge in [0.25, 0.3) is 5.91 Å². The smallest absolute Gasteiger partial charge is 0.407 e. The zero-order valence-corrected chi connectivity index (χ0v) is 22.0. The number of hydrogen-bond acceptors (Lipinski definition) is 6. The largest absolute Gasteiger partial charge is 0.497 e. The van der Waals surface area contributed by atoms with E-state index in [0.29, 0.717) is 32.6 Å². The van der Waals surface area contributed by atoms with Gasteiger partial charge in [0.05, 0.1) is 7.11 Å². The van der Waals surface area contributed by atoms with Crippen molar-refractivity contribution in [2.75, 3.05) is 44.7 Å². The summed E-state index contributed by atoms with van der Waals surface area (Å²) >= 11 is 0. The van der Waals surface area contributed by atoms with Gasteiger partial charge in [-0.15, -0.1) is 0 Å². The molecule has 1 heterocycles. The number of hydrogen-bond donors (Lipinski definition) is 2. The number of nitrogens with one attached hydrogen (secondary N) is 1. The third-order valence-electron chi connectivity index (χ3n) is 6.35. The molecule has 1 aliphatic heterocycles. The van der Waals surface area contributed by atoms with E-state index in [1.807, 2.05) is 76.2 Å². The Bertz CT molecular complexity index is 1020. The lowest BCUT2D eigenvalue weighted by Gasteiger charge is -2.29. The van der Waals surface area contributed by atoms with E-state index in [1.165, 1.54) is 0 Å². The maximum atomic E-state index is 13.5. The van der Waals surface area contributed by atoms with Crippen molar-refractivity contribution in [2.24, 2.45) is 0 Å². The molecule has 2 atom stereocenters. The fourth-order valence-corrected chi connectivity index (χ4v) is 4.43. The molecule has 2 amide bonds. The van der Waals surface area contributed by atoms with Gasteiger partial charge in [-0.3, -0.25) is 4.79 Å². The number of ether oxygens (including phenoxy) is 2. The fourth-order valence-electron chi connectivity index (χ4n) is 4.43. The fraction of sp³-hybridized carbons (Fsp3) is 0.500. The number of nitrogens with zero attached hydrogens (tertiary/aromatic N) is 2. The molecule has 196 valence electrons. The van der Waals surface area contributed by atoms with Gasteiger partial charge in [-0.25, -0.2) is 4.79 Å². The summed E-state index contributed by atoms with van der Waals surface area (Å²) in [5, 5.41) is 13.9. The van der Waals surface area contributed by atoms with Crippen LogP contribution in [-0.4, -0.2) is 73.5 Å². The van der Waals surface area contributed by atoms with Crippen LogP contribution in [0.2, 0.25) is 0 Å². The molecule has 0 bridgehead atoms. The maximum Gasteiger partial charge on any atom is 0.407 e. The van der Waals surface area contributed by atoms with Gasteiger partial charge in [-0.1, -0.05) is 37.3 Å². The number of anilines is 1. The van der Waals surface area contributed by atoms with Gasteiger partial charge in [0.2, 0.25) is 0 Å². The van der Waals surface area contributed by atoms with Crippen molar-refractivity contribution in [3.05, 3.63) is 59.7 Å². The summed E-state index contributed by atoms with van der Waals surface area (Å²) in [6.45, 7) is 10.4. The van der Waals surface area contributed by atoms with Gasteiger partial charge < -0.3 is 29.7 Å². The molecule has 0 unspecified atom stereocenters. The number of rotatable bonds is 9. The van der Waals surface area contributed by atoms with E-state index in [1.54, 1.807) is 12.0 Å². The number of amides is 2. The normalized spacial score (nSPS) is 18.0. The first-order chi connectivity index (χ1) is 17.1. The summed E-state index contributed by atoms with van der Waals surface area (Å²) in [6.07, 6.45) is -1.04. The van der Waals surface area contributed by atoms with Crippen LogP contribution in [0.4, 0.5) is 10.5 Å². The molecular formula is C28H39N3O5. The summed E-state index contributed by atoms with van der Waals surface area (Å²) < 4.78 is 10.5. The number of fused-ring (bicyclic) bond motifs is 1. The molecule has 2 aromatic carbocycles. The molecule has 0 saturated carbocycles. The molecule has 8 nitrogen and oxygen atoms in total. The number of benzene rings is 2. The highest BCUT2D eigenvalue weighted by molar-refractivity contribution is 5.98. The molecule has 0 fully saturated rings. The second-order valence-electron chi connectivity index (χ2n) is 10.0. The van der Waals surface area contributed by atoms with E-state index in [9.17, 15) is 14.7 Å². The Kier molecular flexibility index (Phi) is 9.34. The molecule has 36 heavy (non-hydrogen) atoms. The van der Waals surface area contributed by atoms with E-state index in [0.717, 1.165) is 29.1 Å². The van der Waals surface area contributed by atoms with Crippen LogP contribution in [0, 0.1) is 0 Å². The number of alkyl carbamates (subject to hydrolysis) is 1. The van der Waals surface area contributed by atoms with Crippen LogP contribution in [0.1, 0.15) is 44.7 Å². The third-order valence-corrected chi connectivity index (χ3v) is 6.35. The number of aliphatic hydroxyl groups is 1. The van der Waals surface area contributed by atoms with Gasteiger partial charge in [0, 0.05) is 37.8 Å². The average molecular weight is 498 g/mol. The van der Waals surface area contributed by atoms with E-state index < -0.39 is 17.8 Å². The maximum absolute atomic E-state index is 13.5. The summed E-state index contributed by atoms with van der Waals surface area (Å²) in [5.41, 5.74) is 2.22. The van der Waals surface area contributed by atoms with Gasteiger partial charge in [0.1, 0.15) is 17.5 Å². The van der Waals surface area contributed by atoms with Gasteiger partial charge in [-0.2, -0.15) is 0 Å². The zero-order valence-electron chi connectivity index (χ0n) is 22.0. The molecule has 0 spiro atoms. The molecule has 8 heteroatoms. The summed E-state index contributed by atoms with van der Waals surface area (Å²) in [6, 6.07) is 15.4.